The van der Waals surface area contributed by atoms with Gasteiger partial charge in [0.1, 0.15) is 5.03 Å². The highest BCUT2D eigenvalue weighted by Crippen LogP contribution is 2.32. The zero-order valence-electron chi connectivity index (χ0n) is 9.45. The molecule has 0 unspecified atom stereocenters. The van der Waals surface area contributed by atoms with Gasteiger partial charge in [0, 0.05) is 11.9 Å². The van der Waals surface area contributed by atoms with Crippen LogP contribution in [0.4, 0.5) is 0 Å². The maximum atomic E-state index is 11.0. The Bertz CT molecular complexity index is 532. The molecule has 0 radical (unpaired) electrons. The Hall–Kier alpha value is -1.46. The molecule has 1 aromatic carbocycles. The van der Waals surface area contributed by atoms with Crippen LogP contribution in [0.25, 0.3) is 0 Å². The summed E-state index contributed by atoms with van der Waals surface area (Å²) in [7, 11) is 3.13. The topological polar surface area (TPSA) is 50.2 Å². The van der Waals surface area contributed by atoms with Crippen molar-refractivity contribution in [2.75, 3.05) is 0 Å². The van der Waals surface area contributed by atoms with Gasteiger partial charge in [-0.2, -0.15) is 0 Å². The Morgan fingerprint density at radius 3 is 2.67 bits per heavy atom. The van der Waals surface area contributed by atoms with Crippen LogP contribution in [0.15, 0.2) is 53.7 Å². The SMILES string of the molecule is O=C(O)c1ccccc1CSSc1ccccn1. The standard InChI is InChI=1S/C13H11NO2S2/c15-13(16)11-6-2-1-5-10(11)9-17-18-12-7-3-4-8-14-12/h1-8H,9H2,(H,15,16). The van der Waals surface area contributed by atoms with Gasteiger partial charge in [-0.15, -0.1) is 0 Å². The summed E-state index contributed by atoms with van der Waals surface area (Å²) in [6.07, 6.45) is 1.74. The maximum Gasteiger partial charge on any atom is 0.335 e. The van der Waals surface area contributed by atoms with Gasteiger partial charge in [0.05, 0.1) is 5.56 Å². The average molecular weight is 277 g/mol. The smallest absolute Gasteiger partial charge is 0.335 e. The maximum absolute atomic E-state index is 11.0. The highest BCUT2D eigenvalue weighted by atomic mass is 33.1. The molecular weight excluding hydrogens is 266 g/mol. The number of carboxylic acid groups (broad SMARTS) is 1. The minimum atomic E-state index is -0.881. The van der Waals surface area contributed by atoms with Crippen molar-refractivity contribution in [3.05, 3.63) is 59.8 Å². The fraction of sp³-hybridized carbons (Fsp3) is 0.0769. The lowest BCUT2D eigenvalue weighted by Gasteiger charge is -2.04. The second-order valence-electron chi connectivity index (χ2n) is 3.48. The first-order chi connectivity index (χ1) is 8.77. The van der Waals surface area contributed by atoms with E-state index in [2.05, 4.69) is 4.98 Å². The van der Waals surface area contributed by atoms with Gasteiger partial charge in [0.15, 0.2) is 0 Å². The van der Waals surface area contributed by atoms with E-state index in [4.69, 9.17) is 5.11 Å². The number of hydrogen-bond acceptors (Lipinski definition) is 4. The lowest BCUT2D eigenvalue weighted by atomic mass is 10.1. The van der Waals surface area contributed by atoms with Crippen molar-refractivity contribution in [3.63, 3.8) is 0 Å². The van der Waals surface area contributed by atoms with Crippen LogP contribution in [-0.4, -0.2) is 16.1 Å². The molecule has 1 aromatic heterocycles. The lowest BCUT2D eigenvalue weighted by Crippen LogP contribution is -2.00. The van der Waals surface area contributed by atoms with Crippen LogP contribution < -0.4 is 0 Å². The van der Waals surface area contributed by atoms with E-state index < -0.39 is 5.97 Å². The first-order valence-corrected chi connectivity index (χ1v) is 7.61. The zero-order chi connectivity index (χ0) is 12.8. The van der Waals surface area contributed by atoms with Gasteiger partial charge in [-0.3, -0.25) is 0 Å². The van der Waals surface area contributed by atoms with Gasteiger partial charge < -0.3 is 5.11 Å². The van der Waals surface area contributed by atoms with E-state index in [1.807, 2.05) is 30.3 Å². The van der Waals surface area contributed by atoms with E-state index in [1.54, 1.807) is 39.9 Å². The molecule has 0 amide bonds. The van der Waals surface area contributed by atoms with Crippen molar-refractivity contribution in [2.45, 2.75) is 10.8 Å². The van der Waals surface area contributed by atoms with Crippen molar-refractivity contribution in [3.8, 4) is 0 Å². The molecule has 0 aliphatic heterocycles. The quantitative estimate of drug-likeness (QED) is 0.844. The molecule has 0 aliphatic rings. The average Bonchev–Trinajstić information content (AvgIpc) is 2.40. The third-order valence-electron chi connectivity index (χ3n) is 2.24. The van der Waals surface area contributed by atoms with Gasteiger partial charge >= 0.3 is 5.97 Å². The van der Waals surface area contributed by atoms with Gasteiger partial charge in [0.25, 0.3) is 0 Å². The molecule has 0 atom stereocenters. The number of benzene rings is 1. The van der Waals surface area contributed by atoms with Gasteiger partial charge in [-0.05, 0) is 34.6 Å². The third-order valence-corrected chi connectivity index (χ3v) is 4.42. The summed E-state index contributed by atoms with van der Waals surface area (Å²) < 4.78 is 0. The summed E-state index contributed by atoms with van der Waals surface area (Å²) in [5.41, 5.74) is 1.20. The van der Waals surface area contributed by atoms with Crippen LogP contribution in [0.2, 0.25) is 0 Å². The van der Waals surface area contributed by atoms with Crippen LogP contribution in [0, 0.1) is 0 Å². The first kappa shape index (κ1) is 13.0. The molecule has 0 bridgehead atoms. The van der Waals surface area contributed by atoms with Crippen molar-refractivity contribution in [1.29, 1.82) is 0 Å². The zero-order valence-corrected chi connectivity index (χ0v) is 11.1. The number of rotatable bonds is 5. The van der Waals surface area contributed by atoms with Crippen LogP contribution >= 0.6 is 21.6 Å². The molecule has 92 valence electrons. The third kappa shape index (κ3) is 3.51. The molecule has 1 heterocycles. The summed E-state index contributed by atoms with van der Waals surface area (Å²) in [6, 6.07) is 12.8. The van der Waals surface area contributed by atoms with Crippen molar-refractivity contribution >= 4 is 27.6 Å². The summed E-state index contributed by atoms with van der Waals surface area (Å²) in [4.78, 5) is 15.2. The molecule has 5 heteroatoms. The summed E-state index contributed by atoms with van der Waals surface area (Å²) in [5.74, 6) is -0.238. The van der Waals surface area contributed by atoms with Crippen LogP contribution in [0.1, 0.15) is 15.9 Å². The fourth-order valence-corrected chi connectivity index (χ4v) is 3.42. The molecule has 0 aliphatic carbocycles. The molecule has 2 aromatic rings. The summed E-state index contributed by atoms with van der Waals surface area (Å²) >= 11 is 0. The van der Waals surface area contributed by atoms with E-state index in [1.165, 1.54) is 0 Å². The van der Waals surface area contributed by atoms with E-state index >= 15 is 0 Å². The predicted molar refractivity (Wildman–Crippen MR) is 74.8 cm³/mol. The van der Waals surface area contributed by atoms with Crippen LogP contribution in [0.3, 0.4) is 0 Å². The lowest BCUT2D eigenvalue weighted by molar-refractivity contribution is 0.0696. The molecule has 1 N–H and O–H groups in total. The number of carbonyl (C=O) groups is 1. The Kier molecular flexibility index (Phi) is 4.66. The van der Waals surface area contributed by atoms with E-state index in [-0.39, 0.29) is 0 Å². The minimum Gasteiger partial charge on any atom is -0.478 e. The van der Waals surface area contributed by atoms with E-state index in [0.717, 1.165) is 10.6 Å². The number of carboxylic acids is 1. The minimum absolute atomic E-state index is 0.367. The Morgan fingerprint density at radius 2 is 1.94 bits per heavy atom. The normalized spacial score (nSPS) is 10.2. The molecule has 2 rings (SSSR count). The second kappa shape index (κ2) is 6.47. The summed E-state index contributed by atoms with van der Waals surface area (Å²) in [6.45, 7) is 0. The van der Waals surface area contributed by atoms with E-state index in [9.17, 15) is 4.79 Å². The molecule has 0 spiro atoms. The highest BCUT2D eigenvalue weighted by Gasteiger charge is 2.08. The van der Waals surface area contributed by atoms with Gasteiger partial charge in [-0.1, -0.05) is 35.1 Å². The van der Waals surface area contributed by atoms with Crippen LogP contribution in [0.5, 0.6) is 0 Å². The second-order valence-corrected chi connectivity index (χ2v) is 5.79. The Labute approximate surface area is 113 Å². The highest BCUT2D eigenvalue weighted by molar-refractivity contribution is 8.76. The van der Waals surface area contributed by atoms with Crippen molar-refractivity contribution in [1.82, 2.24) is 4.98 Å². The Morgan fingerprint density at radius 1 is 1.17 bits per heavy atom. The monoisotopic (exact) mass is 277 g/mol. The molecule has 0 fully saturated rings. The van der Waals surface area contributed by atoms with E-state index in [0.29, 0.717) is 11.3 Å². The number of pyridine rings is 1. The number of aromatic carboxylic acids is 1. The van der Waals surface area contributed by atoms with Crippen molar-refractivity contribution < 1.29 is 9.90 Å². The van der Waals surface area contributed by atoms with Gasteiger partial charge in [-0.25, -0.2) is 9.78 Å². The van der Waals surface area contributed by atoms with Crippen LogP contribution in [-0.2, 0) is 5.75 Å². The molecule has 0 saturated heterocycles. The molecule has 0 saturated carbocycles. The van der Waals surface area contributed by atoms with Gasteiger partial charge in [0.2, 0.25) is 0 Å². The fourth-order valence-electron chi connectivity index (χ4n) is 1.40. The molecular formula is C13H11NO2S2. The first-order valence-electron chi connectivity index (χ1n) is 5.29. The Balaban J connectivity index is 1.97. The number of nitrogens with zero attached hydrogens (tertiary/aromatic N) is 1. The molecule has 3 nitrogen and oxygen atoms in total. The molecule has 18 heavy (non-hydrogen) atoms. The van der Waals surface area contributed by atoms with Crippen molar-refractivity contribution in [2.24, 2.45) is 0 Å². The largest absolute Gasteiger partial charge is 0.478 e. The predicted octanol–water partition coefficient (Wildman–Crippen LogP) is 3.72. The summed E-state index contributed by atoms with van der Waals surface area (Å²) in [5, 5.41) is 9.98. The number of aromatic nitrogens is 1. The number of hydrogen-bond donors (Lipinski definition) is 1.